The maximum Gasteiger partial charge on any atom is 0.157 e. The molecule has 4 heteroatoms. The molecule has 0 spiro atoms. The molecule has 0 aliphatic heterocycles. The average Bonchev–Trinajstić information content (AvgIpc) is 2.45. The molecule has 0 saturated heterocycles. The summed E-state index contributed by atoms with van der Waals surface area (Å²) in [4.78, 5) is 12.5. The molecule has 0 fully saturated rings. The summed E-state index contributed by atoms with van der Waals surface area (Å²) in [6.07, 6.45) is 0. The van der Waals surface area contributed by atoms with Gasteiger partial charge in [-0.2, -0.15) is 0 Å². The molecule has 3 aromatic rings. The maximum atomic E-state index is 5.29. The largest absolute Gasteiger partial charge is 0.341 e. The van der Waals surface area contributed by atoms with Crippen LogP contribution in [-0.2, 0) is 5.41 Å². The van der Waals surface area contributed by atoms with Crippen LogP contribution >= 0.6 is 12.2 Å². The van der Waals surface area contributed by atoms with Crippen LogP contribution in [0.5, 0.6) is 0 Å². The van der Waals surface area contributed by atoms with Crippen molar-refractivity contribution < 1.29 is 0 Å². The Morgan fingerprint density at radius 1 is 1.00 bits per heavy atom. The highest BCUT2D eigenvalue weighted by Gasteiger charge is 2.16. The SMILES string of the molecule is CC(C)(C)c1cc(=S)nc(-c2ccc3ccccc3n2)[nH]1. The van der Waals surface area contributed by atoms with Crippen LogP contribution in [-0.4, -0.2) is 15.0 Å². The molecule has 0 bridgehead atoms. The van der Waals surface area contributed by atoms with E-state index in [1.54, 1.807) is 0 Å². The van der Waals surface area contributed by atoms with E-state index in [9.17, 15) is 0 Å². The van der Waals surface area contributed by atoms with Crippen molar-refractivity contribution in [2.24, 2.45) is 0 Å². The third kappa shape index (κ3) is 2.85. The molecule has 0 atom stereocenters. The average molecular weight is 295 g/mol. The summed E-state index contributed by atoms with van der Waals surface area (Å²) in [6.45, 7) is 6.43. The highest BCUT2D eigenvalue weighted by molar-refractivity contribution is 7.71. The van der Waals surface area contributed by atoms with Crippen molar-refractivity contribution in [1.82, 2.24) is 15.0 Å². The molecular formula is C17H17N3S. The van der Waals surface area contributed by atoms with Crippen LogP contribution in [0.15, 0.2) is 42.5 Å². The lowest BCUT2D eigenvalue weighted by molar-refractivity contribution is 0.567. The fourth-order valence-electron chi connectivity index (χ4n) is 2.18. The Hall–Kier alpha value is -2.07. The van der Waals surface area contributed by atoms with Gasteiger partial charge < -0.3 is 4.98 Å². The topological polar surface area (TPSA) is 41.6 Å². The summed E-state index contributed by atoms with van der Waals surface area (Å²) in [5.41, 5.74) is 2.82. The monoisotopic (exact) mass is 295 g/mol. The van der Waals surface area contributed by atoms with Crippen molar-refractivity contribution in [3.8, 4) is 11.5 Å². The Labute approximate surface area is 129 Å². The Morgan fingerprint density at radius 2 is 1.76 bits per heavy atom. The summed E-state index contributed by atoms with van der Waals surface area (Å²) in [5.74, 6) is 0.721. The van der Waals surface area contributed by atoms with Gasteiger partial charge in [0.1, 0.15) is 10.3 Å². The van der Waals surface area contributed by atoms with Gasteiger partial charge >= 0.3 is 0 Å². The van der Waals surface area contributed by atoms with E-state index < -0.39 is 0 Å². The first kappa shape index (κ1) is 13.9. The van der Waals surface area contributed by atoms with Crippen molar-refractivity contribution in [2.75, 3.05) is 0 Å². The molecule has 3 nitrogen and oxygen atoms in total. The second kappa shape index (κ2) is 5.04. The van der Waals surface area contributed by atoms with E-state index in [-0.39, 0.29) is 5.41 Å². The highest BCUT2D eigenvalue weighted by atomic mass is 32.1. The molecule has 106 valence electrons. The smallest absolute Gasteiger partial charge is 0.157 e. The van der Waals surface area contributed by atoms with Gasteiger partial charge in [-0.1, -0.05) is 57.3 Å². The van der Waals surface area contributed by atoms with Gasteiger partial charge in [-0.3, -0.25) is 0 Å². The molecule has 0 unspecified atom stereocenters. The standard InChI is InChI=1S/C17H17N3S/c1-17(2,3)14-10-15(21)20-16(19-14)13-9-8-11-6-4-5-7-12(11)18-13/h4-10H,1-3H3,(H,19,20,21). The van der Waals surface area contributed by atoms with Gasteiger partial charge in [-0.05, 0) is 18.2 Å². The van der Waals surface area contributed by atoms with E-state index >= 15 is 0 Å². The Bertz CT molecular complexity index is 860. The van der Waals surface area contributed by atoms with Gasteiger partial charge in [0.15, 0.2) is 5.82 Å². The summed E-state index contributed by atoms with van der Waals surface area (Å²) >= 11 is 5.29. The number of hydrogen-bond donors (Lipinski definition) is 1. The van der Waals surface area contributed by atoms with Crippen molar-refractivity contribution in [3.63, 3.8) is 0 Å². The zero-order valence-electron chi connectivity index (χ0n) is 12.3. The number of para-hydroxylation sites is 1. The normalized spacial score (nSPS) is 11.8. The molecule has 2 heterocycles. The summed E-state index contributed by atoms with van der Waals surface area (Å²) in [7, 11) is 0. The molecule has 1 N–H and O–H groups in total. The first-order valence-electron chi connectivity index (χ1n) is 6.91. The van der Waals surface area contributed by atoms with Crippen molar-refractivity contribution in [2.45, 2.75) is 26.2 Å². The van der Waals surface area contributed by atoms with Gasteiger partial charge in [-0.25, -0.2) is 9.97 Å². The number of fused-ring (bicyclic) bond motifs is 1. The van der Waals surface area contributed by atoms with Crippen LogP contribution in [0.2, 0.25) is 0 Å². The molecule has 0 aliphatic rings. The van der Waals surface area contributed by atoms with Crippen molar-refractivity contribution >= 4 is 23.1 Å². The minimum atomic E-state index is -0.0118. The molecule has 3 rings (SSSR count). The number of benzene rings is 1. The van der Waals surface area contributed by atoms with Crippen molar-refractivity contribution in [1.29, 1.82) is 0 Å². The Kier molecular flexibility index (Phi) is 3.33. The van der Waals surface area contributed by atoms with Crippen LogP contribution in [0.25, 0.3) is 22.4 Å². The molecular weight excluding hydrogens is 278 g/mol. The number of aromatic nitrogens is 3. The predicted molar refractivity (Wildman–Crippen MR) is 88.9 cm³/mol. The van der Waals surface area contributed by atoms with Crippen molar-refractivity contribution in [3.05, 3.63) is 52.8 Å². The summed E-state index contributed by atoms with van der Waals surface area (Å²) in [6, 6.07) is 14.0. The second-order valence-corrected chi connectivity index (χ2v) is 6.54. The molecule has 1 aromatic carbocycles. The quantitative estimate of drug-likeness (QED) is 0.664. The van der Waals surface area contributed by atoms with Gasteiger partial charge in [0.05, 0.1) is 5.52 Å². The summed E-state index contributed by atoms with van der Waals surface area (Å²) in [5, 5.41) is 1.12. The lowest BCUT2D eigenvalue weighted by atomic mass is 9.92. The van der Waals surface area contributed by atoms with E-state index in [4.69, 9.17) is 12.2 Å². The predicted octanol–water partition coefficient (Wildman–Crippen LogP) is 4.65. The number of rotatable bonds is 1. The molecule has 2 aromatic heterocycles. The van der Waals surface area contributed by atoms with Crippen LogP contribution in [0.1, 0.15) is 26.5 Å². The minimum absolute atomic E-state index is 0.0118. The maximum absolute atomic E-state index is 5.29. The van der Waals surface area contributed by atoms with Gasteiger partial charge in [0.25, 0.3) is 0 Å². The molecule has 21 heavy (non-hydrogen) atoms. The molecule has 0 saturated carbocycles. The zero-order chi connectivity index (χ0) is 15.0. The highest BCUT2D eigenvalue weighted by Crippen LogP contribution is 2.23. The third-order valence-electron chi connectivity index (χ3n) is 3.39. The van der Waals surface area contributed by atoms with E-state index in [0.29, 0.717) is 4.64 Å². The van der Waals surface area contributed by atoms with E-state index in [0.717, 1.165) is 28.1 Å². The Balaban J connectivity index is 2.18. The number of nitrogens with one attached hydrogen (secondary N) is 1. The van der Waals surface area contributed by atoms with Crippen LogP contribution in [0, 0.1) is 4.64 Å². The van der Waals surface area contributed by atoms with Crippen LogP contribution in [0.4, 0.5) is 0 Å². The number of aromatic amines is 1. The molecule has 0 amide bonds. The lowest BCUT2D eigenvalue weighted by Gasteiger charge is -2.19. The number of pyridine rings is 1. The van der Waals surface area contributed by atoms with Gasteiger partial charge in [0, 0.05) is 16.5 Å². The molecule has 0 aliphatic carbocycles. The van der Waals surface area contributed by atoms with E-state index in [1.807, 2.05) is 36.4 Å². The number of hydrogen-bond acceptors (Lipinski definition) is 3. The third-order valence-corrected chi connectivity index (χ3v) is 3.60. The zero-order valence-corrected chi connectivity index (χ0v) is 13.2. The molecule has 0 radical (unpaired) electrons. The first-order valence-corrected chi connectivity index (χ1v) is 7.32. The first-order chi connectivity index (χ1) is 9.93. The van der Waals surface area contributed by atoms with Gasteiger partial charge in [-0.15, -0.1) is 0 Å². The lowest BCUT2D eigenvalue weighted by Crippen LogP contribution is -2.14. The van der Waals surface area contributed by atoms with Crippen LogP contribution < -0.4 is 0 Å². The fourth-order valence-corrected chi connectivity index (χ4v) is 2.39. The fraction of sp³-hybridized carbons (Fsp3) is 0.235. The Morgan fingerprint density at radius 3 is 2.52 bits per heavy atom. The second-order valence-electron chi connectivity index (χ2n) is 6.12. The van der Waals surface area contributed by atoms with Gasteiger partial charge in [0.2, 0.25) is 0 Å². The van der Waals surface area contributed by atoms with E-state index in [2.05, 4.69) is 41.8 Å². The van der Waals surface area contributed by atoms with Crippen LogP contribution in [0.3, 0.4) is 0 Å². The minimum Gasteiger partial charge on any atom is -0.341 e. The number of nitrogens with zero attached hydrogens (tertiary/aromatic N) is 2. The number of H-pyrrole nitrogens is 1. The summed E-state index contributed by atoms with van der Waals surface area (Å²) < 4.78 is 0.587. The van der Waals surface area contributed by atoms with E-state index in [1.165, 1.54) is 0 Å².